The third-order valence-corrected chi connectivity index (χ3v) is 10.4. The lowest BCUT2D eigenvalue weighted by Crippen LogP contribution is -2.64. The molecule has 12 N–H and O–H groups in total. The van der Waals surface area contributed by atoms with Crippen molar-refractivity contribution < 1.29 is 68.0 Å². The molecule has 0 aromatic rings. The Morgan fingerprint density at radius 2 is 1.52 bits per heavy atom. The van der Waals surface area contributed by atoms with Crippen LogP contribution in [0.5, 0.6) is 0 Å². The van der Waals surface area contributed by atoms with Gasteiger partial charge in [0.2, 0.25) is 23.6 Å². The average Bonchev–Trinajstić information content (AvgIpc) is 3.64. The summed E-state index contributed by atoms with van der Waals surface area (Å²) in [5.74, 6) is -1.80. The van der Waals surface area contributed by atoms with E-state index < -0.39 is 67.3 Å². The van der Waals surface area contributed by atoms with Gasteiger partial charge < -0.3 is 81.3 Å². The number of unbranched alkanes of at least 4 members (excludes halogenated alkanes) is 1. The van der Waals surface area contributed by atoms with Crippen LogP contribution in [0.15, 0.2) is 11.4 Å². The fraction of sp³-hybridized carbons (Fsp3) is 0.846. The molecule has 1 unspecified atom stereocenters. The van der Waals surface area contributed by atoms with Gasteiger partial charge in [-0.3, -0.25) is 24.2 Å². The molecule has 0 spiro atoms. The summed E-state index contributed by atoms with van der Waals surface area (Å²) in [6.45, 7) is 6.46. The van der Waals surface area contributed by atoms with Crippen molar-refractivity contribution in [1.29, 1.82) is 0 Å². The monoisotopic (exact) mass is 877 g/mol. The van der Waals surface area contributed by atoms with Crippen LogP contribution >= 0.6 is 0 Å². The average molecular weight is 877 g/mol. The molecule has 61 heavy (non-hydrogen) atoms. The van der Waals surface area contributed by atoms with Gasteiger partial charge >= 0.3 is 0 Å². The number of aliphatic hydroxyl groups excluding tert-OH is 4. The number of carbonyl (C=O) groups is 4. The van der Waals surface area contributed by atoms with Gasteiger partial charge in [-0.15, -0.1) is 5.53 Å². The van der Waals surface area contributed by atoms with E-state index in [4.69, 9.17) is 34.2 Å². The van der Waals surface area contributed by atoms with Gasteiger partial charge in [0.15, 0.2) is 6.23 Å². The van der Waals surface area contributed by atoms with Crippen LogP contribution in [-0.2, 0) is 47.6 Å². The number of likely N-dealkylation sites (N-methyl/N-ethyl adjacent to an activating group) is 1. The number of hydrogen-bond donors (Lipinski definition) is 11. The van der Waals surface area contributed by atoms with E-state index in [-0.39, 0.29) is 56.9 Å². The van der Waals surface area contributed by atoms with Crippen molar-refractivity contribution in [2.24, 2.45) is 11.7 Å². The van der Waals surface area contributed by atoms with Crippen molar-refractivity contribution in [1.82, 2.24) is 37.2 Å². The molecule has 0 bridgehead atoms. The molecule has 2 heterocycles. The normalized spacial score (nSPS) is 24.0. The molecule has 1 fully saturated rings. The largest absolute Gasteiger partial charge is 0.394 e. The molecule has 1 aliphatic carbocycles. The molecule has 0 saturated carbocycles. The van der Waals surface area contributed by atoms with Crippen LogP contribution < -0.4 is 38.0 Å². The molecular weight excluding hydrogens is 804 g/mol. The maximum atomic E-state index is 13.4. The minimum atomic E-state index is -1.54. The molecule has 0 aromatic carbocycles. The topological polar surface area (TPSA) is 306 Å². The number of rotatable bonds is 29. The number of ether oxygens (including phenoxy) is 6. The lowest BCUT2D eigenvalue weighted by atomic mass is 9.96. The highest BCUT2D eigenvalue weighted by atomic mass is 16.6. The number of amides is 4. The zero-order chi connectivity index (χ0) is 44.6. The molecule has 2 aliphatic heterocycles. The number of nitrogens with one attached hydrogen (secondary N) is 6. The zero-order valence-electron chi connectivity index (χ0n) is 35.9. The number of nitrogens with two attached hydrogens (primary N) is 1. The summed E-state index contributed by atoms with van der Waals surface area (Å²) in [7, 11) is 1.49. The second kappa shape index (κ2) is 29.2. The molecule has 1 saturated heterocycles. The number of hydrazine groups is 2. The summed E-state index contributed by atoms with van der Waals surface area (Å²) >= 11 is 0. The van der Waals surface area contributed by atoms with Crippen LogP contribution in [0.3, 0.4) is 0 Å². The summed E-state index contributed by atoms with van der Waals surface area (Å²) in [5.41, 5.74) is 12.8. The molecule has 0 aromatic heterocycles. The van der Waals surface area contributed by atoms with Crippen molar-refractivity contribution in [3.8, 4) is 0 Å². The Morgan fingerprint density at radius 3 is 2.16 bits per heavy atom. The third kappa shape index (κ3) is 17.8. The summed E-state index contributed by atoms with van der Waals surface area (Å²) in [6.07, 6.45) is -2.25. The number of aliphatic hydroxyl groups is 4. The lowest BCUT2D eigenvalue weighted by molar-refractivity contribution is -0.266. The van der Waals surface area contributed by atoms with Gasteiger partial charge in [0.25, 0.3) is 0 Å². The molecule has 352 valence electrons. The Kier molecular flexibility index (Phi) is 24.9. The van der Waals surface area contributed by atoms with Crippen LogP contribution in [0.25, 0.3) is 0 Å². The van der Waals surface area contributed by atoms with Gasteiger partial charge in [-0.1, -0.05) is 26.7 Å². The van der Waals surface area contributed by atoms with Crippen molar-refractivity contribution in [2.75, 3.05) is 86.2 Å². The van der Waals surface area contributed by atoms with Crippen LogP contribution in [0.2, 0.25) is 0 Å². The summed E-state index contributed by atoms with van der Waals surface area (Å²) in [6, 6.07) is -1.73. The Bertz CT molecular complexity index is 1350. The molecule has 22 nitrogen and oxygen atoms in total. The second-order valence-corrected chi connectivity index (χ2v) is 15.4. The second-order valence-electron chi connectivity index (χ2n) is 15.4. The first kappa shape index (κ1) is 52.1. The van der Waals surface area contributed by atoms with E-state index in [1.807, 2.05) is 0 Å². The first-order chi connectivity index (χ1) is 29.4. The van der Waals surface area contributed by atoms with Crippen LogP contribution in [-0.4, -0.2) is 184 Å². The van der Waals surface area contributed by atoms with Crippen LogP contribution in [0.4, 0.5) is 0 Å². The maximum absolute atomic E-state index is 13.4. The molecule has 8 atom stereocenters. The van der Waals surface area contributed by atoms with Crippen molar-refractivity contribution in [3.05, 3.63) is 11.4 Å². The van der Waals surface area contributed by atoms with E-state index in [9.17, 15) is 39.6 Å². The van der Waals surface area contributed by atoms with E-state index in [0.29, 0.717) is 83.3 Å². The standard InChI is InChI=1S/C39H72N8O14/c1-25(2)32(38(55)41-3)44-37(54)26(43-30(49)12-15-56-17-19-58-21-22-59-20-18-57-16-13-40)9-7-8-14-42-31(50)24-60-28-11-6-4-5-10-27-33(28)45-46-47(27)39-36(53)35(52)34(51)29(23-48)61-39/h25-26,28-29,32,34-36,39,45-46,48,51-53H,4-24,40H2,1-3H3,(H,41,55)(H,42,50)(H,43,49)(H,44,54)/t26-,28?,29-,32+,34+,35+,36-,39-/m1/s1. The highest BCUT2D eigenvalue weighted by molar-refractivity contribution is 5.92. The van der Waals surface area contributed by atoms with Gasteiger partial charge in [-0.05, 0) is 44.4 Å². The van der Waals surface area contributed by atoms with Gasteiger partial charge in [0.05, 0.1) is 70.9 Å². The highest BCUT2D eigenvalue weighted by Crippen LogP contribution is 2.33. The first-order valence-electron chi connectivity index (χ1n) is 21.5. The number of allylic oxidation sites excluding steroid dienone is 1. The maximum Gasteiger partial charge on any atom is 0.246 e. The zero-order valence-corrected chi connectivity index (χ0v) is 35.9. The Morgan fingerprint density at radius 1 is 0.852 bits per heavy atom. The highest BCUT2D eigenvalue weighted by Gasteiger charge is 2.48. The Balaban J connectivity index is 1.44. The SMILES string of the molecule is CNC(=O)[C@@H](NC(=O)[C@@H](CCCCNC(=O)COC1CCCCCC2=C1NNN2[C@@H]1O[C@H](CO)[C@H](O)[C@H](O)[C@H]1O)NC(=O)CCOCCOCCOCCOCCN)C(C)C. The van der Waals surface area contributed by atoms with Crippen molar-refractivity contribution in [3.63, 3.8) is 0 Å². The van der Waals surface area contributed by atoms with Crippen LogP contribution in [0, 0.1) is 5.92 Å². The molecule has 4 amide bonds. The Labute approximate surface area is 358 Å². The molecule has 22 heteroatoms. The van der Waals surface area contributed by atoms with Gasteiger partial charge in [0, 0.05) is 26.6 Å². The predicted octanol–water partition coefficient (Wildman–Crippen LogP) is -3.25. The quantitative estimate of drug-likeness (QED) is 0.0329. The van der Waals surface area contributed by atoms with E-state index in [1.165, 1.54) is 12.1 Å². The molecule has 3 rings (SSSR count). The fourth-order valence-electron chi connectivity index (χ4n) is 6.95. The minimum absolute atomic E-state index is 0.00552. The number of nitrogens with zero attached hydrogens (tertiary/aromatic N) is 1. The van der Waals surface area contributed by atoms with Crippen LogP contribution in [0.1, 0.15) is 71.6 Å². The third-order valence-electron chi connectivity index (χ3n) is 10.4. The van der Waals surface area contributed by atoms with Gasteiger partial charge in [-0.25, -0.2) is 0 Å². The number of carbonyl (C=O) groups excluding carboxylic acids is 4. The summed E-state index contributed by atoms with van der Waals surface area (Å²) in [4.78, 5) is 51.6. The predicted molar refractivity (Wildman–Crippen MR) is 218 cm³/mol. The van der Waals surface area contributed by atoms with Gasteiger partial charge in [0.1, 0.15) is 49.2 Å². The van der Waals surface area contributed by atoms with Crippen molar-refractivity contribution in [2.45, 2.75) is 120 Å². The Hall–Kier alpha value is -3.26. The first-order valence-corrected chi connectivity index (χ1v) is 21.5. The fourth-order valence-corrected chi connectivity index (χ4v) is 6.95. The van der Waals surface area contributed by atoms with E-state index >= 15 is 0 Å². The van der Waals surface area contributed by atoms with E-state index in [2.05, 4.69) is 32.2 Å². The van der Waals surface area contributed by atoms with E-state index in [0.717, 1.165) is 19.3 Å². The van der Waals surface area contributed by atoms with Crippen molar-refractivity contribution >= 4 is 23.6 Å². The van der Waals surface area contributed by atoms with Gasteiger partial charge in [-0.2, -0.15) is 0 Å². The lowest BCUT2D eigenvalue weighted by Gasteiger charge is -2.44. The smallest absolute Gasteiger partial charge is 0.246 e. The van der Waals surface area contributed by atoms with E-state index in [1.54, 1.807) is 13.8 Å². The molecular formula is C39H72N8O14. The molecule has 3 aliphatic rings. The number of hydrogen-bond acceptors (Lipinski definition) is 18. The minimum Gasteiger partial charge on any atom is -0.394 e. The summed E-state index contributed by atoms with van der Waals surface area (Å²) in [5, 5.41) is 53.5. The molecule has 0 radical (unpaired) electrons. The summed E-state index contributed by atoms with van der Waals surface area (Å²) < 4.78 is 33.5.